The van der Waals surface area contributed by atoms with Crippen molar-refractivity contribution < 1.29 is 9.13 Å². The lowest BCUT2D eigenvalue weighted by Gasteiger charge is -2.44. The summed E-state index contributed by atoms with van der Waals surface area (Å²) in [4.78, 5) is 0. The van der Waals surface area contributed by atoms with Crippen molar-refractivity contribution in [2.24, 2.45) is 0 Å². The topological polar surface area (TPSA) is 21.3 Å². The molecule has 2 saturated heterocycles. The van der Waals surface area contributed by atoms with Gasteiger partial charge in [-0.25, -0.2) is 4.39 Å². The van der Waals surface area contributed by atoms with Gasteiger partial charge in [0.25, 0.3) is 0 Å². The highest BCUT2D eigenvalue weighted by molar-refractivity contribution is 8.00. The Bertz CT molecular complexity index is 442. The van der Waals surface area contributed by atoms with Crippen LogP contribution in [0.5, 0.6) is 0 Å². The molecule has 2 fully saturated rings. The van der Waals surface area contributed by atoms with Crippen LogP contribution in [0.3, 0.4) is 0 Å². The highest BCUT2D eigenvalue weighted by atomic mass is 32.2. The molecule has 0 aromatic heterocycles. The van der Waals surface area contributed by atoms with E-state index in [0.717, 1.165) is 30.9 Å². The van der Waals surface area contributed by atoms with E-state index in [9.17, 15) is 4.39 Å². The molecule has 0 amide bonds. The fourth-order valence-corrected chi connectivity index (χ4v) is 4.49. The van der Waals surface area contributed by atoms with Crippen molar-refractivity contribution in [2.45, 2.75) is 30.2 Å². The number of rotatable bonds is 1. The summed E-state index contributed by atoms with van der Waals surface area (Å²) in [6.07, 6.45) is 0.991. The smallest absolute Gasteiger partial charge is 0.128 e. The van der Waals surface area contributed by atoms with E-state index in [1.54, 1.807) is 6.07 Å². The summed E-state index contributed by atoms with van der Waals surface area (Å²) in [5.41, 5.74) is 0.497. The zero-order valence-electron chi connectivity index (χ0n) is 10.5. The molecule has 2 aliphatic heterocycles. The molecule has 3 atom stereocenters. The van der Waals surface area contributed by atoms with Crippen LogP contribution in [-0.2, 0) is 4.74 Å². The lowest BCUT2D eigenvalue weighted by atomic mass is 9.82. The monoisotopic (exact) mass is 267 g/mol. The highest BCUT2D eigenvalue weighted by Gasteiger charge is 2.50. The fourth-order valence-electron chi connectivity index (χ4n) is 3.09. The van der Waals surface area contributed by atoms with Crippen LogP contribution in [0.1, 0.15) is 24.9 Å². The molecule has 2 aliphatic rings. The third-order valence-electron chi connectivity index (χ3n) is 4.07. The predicted molar refractivity (Wildman–Crippen MR) is 72.4 cm³/mol. The van der Waals surface area contributed by atoms with Gasteiger partial charge in [0.05, 0.1) is 12.6 Å². The van der Waals surface area contributed by atoms with Gasteiger partial charge in [0.2, 0.25) is 0 Å². The van der Waals surface area contributed by atoms with Gasteiger partial charge in [-0.1, -0.05) is 25.1 Å². The van der Waals surface area contributed by atoms with Crippen LogP contribution in [0.25, 0.3) is 0 Å². The van der Waals surface area contributed by atoms with E-state index in [0.29, 0.717) is 5.25 Å². The van der Waals surface area contributed by atoms with Crippen LogP contribution in [-0.4, -0.2) is 29.8 Å². The van der Waals surface area contributed by atoms with Crippen molar-refractivity contribution in [3.05, 3.63) is 35.6 Å². The van der Waals surface area contributed by atoms with E-state index in [2.05, 4.69) is 12.2 Å². The molecule has 0 radical (unpaired) electrons. The molecule has 0 saturated carbocycles. The predicted octanol–water partition coefficient (Wildman–Crippen LogP) is 2.75. The van der Waals surface area contributed by atoms with Crippen molar-refractivity contribution in [1.29, 1.82) is 0 Å². The summed E-state index contributed by atoms with van der Waals surface area (Å²) in [6, 6.07) is 7.01. The average molecular weight is 267 g/mol. The minimum absolute atomic E-state index is 0.0301. The molecule has 0 bridgehead atoms. The Balaban J connectivity index is 2.00. The Kier molecular flexibility index (Phi) is 3.34. The second kappa shape index (κ2) is 4.83. The minimum atomic E-state index is -0.245. The Morgan fingerprint density at radius 1 is 1.44 bits per heavy atom. The molecular formula is C14H18FNOS. The summed E-state index contributed by atoms with van der Waals surface area (Å²) >= 11 is 1.92. The molecule has 2 heterocycles. The Morgan fingerprint density at radius 3 is 3.00 bits per heavy atom. The van der Waals surface area contributed by atoms with E-state index in [-0.39, 0.29) is 17.5 Å². The number of morpholine rings is 1. The zero-order valence-corrected chi connectivity index (χ0v) is 11.3. The van der Waals surface area contributed by atoms with E-state index in [4.69, 9.17) is 4.74 Å². The van der Waals surface area contributed by atoms with E-state index >= 15 is 0 Å². The highest BCUT2D eigenvalue weighted by Crippen LogP contribution is 2.47. The average Bonchev–Trinajstić information content (AvgIpc) is 2.73. The molecule has 1 spiro atoms. The molecule has 3 unspecified atom stereocenters. The van der Waals surface area contributed by atoms with Crippen molar-refractivity contribution in [2.75, 3.05) is 18.9 Å². The normalized spacial score (nSPS) is 36.1. The number of hydrogen-bond donors (Lipinski definition) is 1. The Labute approximate surface area is 111 Å². The molecular weight excluding hydrogens is 249 g/mol. The molecule has 3 rings (SSSR count). The van der Waals surface area contributed by atoms with Gasteiger partial charge in [0.1, 0.15) is 11.4 Å². The van der Waals surface area contributed by atoms with Gasteiger partial charge in [-0.15, -0.1) is 0 Å². The lowest BCUT2D eigenvalue weighted by Crippen LogP contribution is -2.55. The van der Waals surface area contributed by atoms with Crippen molar-refractivity contribution in [3.63, 3.8) is 0 Å². The molecule has 1 aromatic carbocycles. The van der Waals surface area contributed by atoms with Crippen molar-refractivity contribution in [3.8, 4) is 0 Å². The molecule has 1 N–H and O–H groups in total. The maximum Gasteiger partial charge on any atom is 0.128 e. The number of nitrogens with one attached hydrogen (secondary N) is 1. The molecule has 98 valence electrons. The standard InChI is InChI=1S/C14H18FNOS/c1-10-14(6-9-18-10)13(16-7-8-17-14)11-4-2-3-5-12(11)15/h2-5,10,13,16H,6-9H2,1H3. The maximum absolute atomic E-state index is 14.0. The van der Waals surface area contributed by atoms with Gasteiger partial charge in [-0.2, -0.15) is 11.8 Å². The van der Waals surface area contributed by atoms with Gasteiger partial charge in [0, 0.05) is 17.4 Å². The third kappa shape index (κ3) is 1.87. The van der Waals surface area contributed by atoms with E-state index in [1.165, 1.54) is 6.07 Å². The van der Waals surface area contributed by atoms with E-state index in [1.807, 2.05) is 23.9 Å². The van der Waals surface area contributed by atoms with Crippen molar-refractivity contribution >= 4 is 11.8 Å². The van der Waals surface area contributed by atoms with Gasteiger partial charge < -0.3 is 10.1 Å². The van der Waals surface area contributed by atoms with Crippen LogP contribution in [0.2, 0.25) is 0 Å². The first-order chi connectivity index (χ1) is 8.74. The van der Waals surface area contributed by atoms with Crippen LogP contribution in [0.4, 0.5) is 4.39 Å². The first-order valence-corrected chi connectivity index (χ1v) is 7.52. The van der Waals surface area contributed by atoms with Crippen LogP contribution >= 0.6 is 11.8 Å². The summed E-state index contributed by atoms with van der Waals surface area (Å²) < 4.78 is 20.1. The minimum Gasteiger partial charge on any atom is -0.371 e. The third-order valence-corrected chi connectivity index (χ3v) is 5.41. The zero-order chi connectivity index (χ0) is 12.6. The number of thioether (sulfide) groups is 1. The lowest BCUT2D eigenvalue weighted by molar-refractivity contribution is -0.0947. The quantitative estimate of drug-likeness (QED) is 0.845. The molecule has 4 heteroatoms. The van der Waals surface area contributed by atoms with Gasteiger partial charge in [-0.05, 0) is 18.2 Å². The van der Waals surface area contributed by atoms with Gasteiger partial charge in [-0.3, -0.25) is 0 Å². The first kappa shape index (κ1) is 12.5. The number of benzene rings is 1. The van der Waals surface area contributed by atoms with Crippen LogP contribution in [0.15, 0.2) is 24.3 Å². The Morgan fingerprint density at radius 2 is 2.28 bits per heavy atom. The van der Waals surface area contributed by atoms with Crippen LogP contribution < -0.4 is 5.32 Å². The largest absolute Gasteiger partial charge is 0.371 e. The first-order valence-electron chi connectivity index (χ1n) is 6.47. The second-order valence-electron chi connectivity index (χ2n) is 4.98. The summed E-state index contributed by atoms with van der Waals surface area (Å²) in [5.74, 6) is 0.956. The molecule has 1 aromatic rings. The number of hydrogen-bond acceptors (Lipinski definition) is 3. The SMILES string of the molecule is CC1SCCC12OCCNC2c1ccccc1F. The molecule has 0 aliphatic carbocycles. The summed E-state index contributed by atoms with van der Waals surface area (Å²) in [7, 11) is 0. The second-order valence-corrected chi connectivity index (χ2v) is 6.42. The summed E-state index contributed by atoms with van der Waals surface area (Å²) in [5, 5.41) is 3.86. The number of ether oxygens (including phenoxy) is 1. The fraction of sp³-hybridized carbons (Fsp3) is 0.571. The Hall–Kier alpha value is -0.580. The van der Waals surface area contributed by atoms with E-state index < -0.39 is 0 Å². The van der Waals surface area contributed by atoms with Gasteiger partial charge in [0.15, 0.2) is 0 Å². The van der Waals surface area contributed by atoms with Crippen LogP contribution in [0, 0.1) is 5.82 Å². The number of halogens is 1. The van der Waals surface area contributed by atoms with Crippen molar-refractivity contribution in [1.82, 2.24) is 5.32 Å². The van der Waals surface area contributed by atoms with Gasteiger partial charge >= 0.3 is 0 Å². The summed E-state index contributed by atoms with van der Waals surface area (Å²) in [6.45, 7) is 3.70. The molecule has 2 nitrogen and oxygen atoms in total. The molecule has 18 heavy (non-hydrogen) atoms. The maximum atomic E-state index is 14.0.